The van der Waals surface area contributed by atoms with E-state index in [9.17, 15) is 9.59 Å². The van der Waals surface area contributed by atoms with Crippen LogP contribution in [0, 0.1) is 0 Å². The van der Waals surface area contributed by atoms with Gasteiger partial charge in [0.25, 0.3) is 0 Å². The Labute approximate surface area is 179 Å². The number of carbonyl (C=O) groups is 2. The van der Waals surface area contributed by atoms with Crippen LogP contribution in [-0.4, -0.2) is 11.9 Å². The highest BCUT2D eigenvalue weighted by Gasteiger charge is 2.14. The topological polar surface area (TPSA) is 55.8 Å². The molecule has 0 saturated heterocycles. The highest BCUT2D eigenvalue weighted by Crippen LogP contribution is 2.37. The molecular weight excluding hydrogens is 402 g/mol. The van der Waals surface area contributed by atoms with E-state index in [0.29, 0.717) is 16.5 Å². The van der Waals surface area contributed by atoms with Gasteiger partial charge in [0.15, 0.2) is 0 Å². The van der Waals surface area contributed by atoms with Gasteiger partial charge in [0, 0.05) is 40.3 Å². The van der Waals surface area contributed by atoms with Crippen molar-refractivity contribution in [1.29, 1.82) is 0 Å². The second kappa shape index (κ2) is 9.58. The molecule has 3 aromatic carbocycles. The standard InChI is InChI=1S/C24H18ClNO4/c1-3-23(27)29-21-14-12-19(13-15-21)26(18-10-8-17(25)9-11-18)20-6-5-7-22(16-20)30-24(28)4-2/h3-16H,1-2H2. The molecule has 0 aliphatic heterocycles. The summed E-state index contributed by atoms with van der Waals surface area (Å²) in [6.07, 6.45) is 2.21. The van der Waals surface area contributed by atoms with Gasteiger partial charge >= 0.3 is 11.9 Å². The first-order chi connectivity index (χ1) is 14.5. The summed E-state index contributed by atoms with van der Waals surface area (Å²) in [5.41, 5.74) is 2.38. The van der Waals surface area contributed by atoms with Crippen molar-refractivity contribution < 1.29 is 19.1 Å². The van der Waals surface area contributed by atoms with Gasteiger partial charge in [-0.2, -0.15) is 0 Å². The summed E-state index contributed by atoms with van der Waals surface area (Å²) in [5.74, 6) is -0.297. The summed E-state index contributed by atoms with van der Waals surface area (Å²) in [4.78, 5) is 24.9. The van der Waals surface area contributed by atoms with Gasteiger partial charge in [-0.3, -0.25) is 0 Å². The lowest BCUT2D eigenvalue weighted by molar-refractivity contribution is -0.129. The number of esters is 2. The minimum atomic E-state index is -0.543. The molecule has 3 rings (SSSR count). The Kier molecular flexibility index (Phi) is 6.67. The Morgan fingerprint density at radius 1 is 0.733 bits per heavy atom. The van der Waals surface area contributed by atoms with Crippen molar-refractivity contribution >= 4 is 40.6 Å². The lowest BCUT2D eigenvalue weighted by Gasteiger charge is -2.26. The third-order valence-corrected chi connectivity index (χ3v) is 4.28. The van der Waals surface area contributed by atoms with E-state index in [1.54, 1.807) is 42.5 Å². The number of benzene rings is 3. The van der Waals surface area contributed by atoms with Crippen LogP contribution in [0.15, 0.2) is 98.1 Å². The second-order valence-corrected chi connectivity index (χ2v) is 6.49. The van der Waals surface area contributed by atoms with E-state index >= 15 is 0 Å². The van der Waals surface area contributed by atoms with Gasteiger partial charge in [-0.05, 0) is 60.7 Å². The van der Waals surface area contributed by atoms with Crippen LogP contribution in [0.4, 0.5) is 17.1 Å². The van der Waals surface area contributed by atoms with Crippen molar-refractivity contribution in [3.05, 3.63) is 103 Å². The van der Waals surface area contributed by atoms with Gasteiger partial charge in [-0.25, -0.2) is 9.59 Å². The van der Waals surface area contributed by atoms with Gasteiger partial charge in [0.2, 0.25) is 0 Å². The monoisotopic (exact) mass is 419 g/mol. The summed E-state index contributed by atoms with van der Waals surface area (Å²) in [7, 11) is 0. The van der Waals surface area contributed by atoms with Crippen LogP contribution in [-0.2, 0) is 9.59 Å². The van der Waals surface area contributed by atoms with Gasteiger partial charge in [0.05, 0.1) is 0 Å². The number of nitrogens with zero attached hydrogens (tertiary/aromatic N) is 1. The molecule has 0 radical (unpaired) electrons. The fourth-order valence-electron chi connectivity index (χ4n) is 2.70. The minimum absolute atomic E-state index is 0.382. The molecule has 0 atom stereocenters. The molecule has 0 aliphatic carbocycles. The normalized spacial score (nSPS) is 10.0. The summed E-state index contributed by atoms with van der Waals surface area (Å²) in [5, 5.41) is 0.610. The van der Waals surface area contributed by atoms with Gasteiger partial charge < -0.3 is 14.4 Å². The van der Waals surface area contributed by atoms with Crippen molar-refractivity contribution in [2.75, 3.05) is 4.90 Å². The molecule has 5 nitrogen and oxygen atoms in total. The summed E-state index contributed by atoms with van der Waals surface area (Å²) < 4.78 is 10.4. The van der Waals surface area contributed by atoms with Crippen LogP contribution in [0.3, 0.4) is 0 Å². The van der Waals surface area contributed by atoms with Crippen LogP contribution in [0.2, 0.25) is 5.02 Å². The van der Waals surface area contributed by atoms with E-state index in [4.69, 9.17) is 21.1 Å². The molecule has 3 aromatic rings. The number of ether oxygens (including phenoxy) is 2. The fraction of sp³-hybridized carbons (Fsp3) is 0. The summed E-state index contributed by atoms with van der Waals surface area (Å²) in [6.45, 7) is 6.80. The Morgan fingerprint density at radius 2 is 1.27 bits per heavy atom. The van der Waals surface area contributed by atoms with E-state index in [0.717, 1.165) is 29.2 Å². The van der Waals surface area contributed by atoms with E-state index in [1.807, 2.05) is 35.2 Å². The van der Waals surface area contributed by atoms with Crippen molar-refractivity contribution in [1.82, 2.24) is 0 Å². The molecule has 0 aromatic heterocycles. The smallest absolute Gasteiger partial charge is 0.335 e. The molecule has 0 N–H and O–H groups in total. The number of halogens is 1. The maximum absolute atomic E-state index is 11.6. The first-order valence-electron chi connectivity index (χ1n) is 8.94. The highest BCUT2D eigenvalue weighted by molar-refractivity contribution is 6.30. The molecule has 0 fully saturated rings. The van der Waals surface area contributed by atoms with Crippen LogP contribution in [0.1, 0.15) is 0 Å². The number of anilines is 3. The zero-order valence-corrected chi connectivity index (χ0v) is 16.7. The highest BCUT2D eigenvalue weighted by atomic mass is 35.5. The van der Waals surface area contributed by atoms with Crippen molar-refractivity contribution in [2.45, 2.75) is 0 Å². The van der Waals surface area contributed by atoms with E-state index in [2.05, 4.69) is 13.2 Å². The zero-order chi connectivity index (χ0) is 21.5. The number of hydrogen-bond donors (Lipinski definition) is 0. The number of hydrogen-bond acceptors (Lipinski definition) is 5. The fourth-order valence-corrected chi connectivity index (χ4v) is 2.83. The van der Waals surface area contributed by atoms with Gasteiger partial charge in [0.1, 0.15) is 11.5 Å². The van der Waals surface area contributed by atoms with Crippen LogP contribution < -0.4 is 14.4 Å². The maximum atomic E-state index is 11.6. The largest absolute Gasteiger partial charge is 0.423 e. The average molecular weight is 420 g/mol. The predicted molar refractivity (Wildman–Crippen MR) is 118 cm³/mol. The van der Waals surface area contributed by atoms with E-state index < -0.39 is 11.9 Å². The van der Waals surface area contributed by atoms with Crippen molar-refractivity contribution in [3.8, 4) is 11.5 Å². The van der Waals surface area contributed by atoms with E-state index in [1.165, 1.54) is 0 Å². The molecular formula is C24H18ClNO4. The first kappa shape index (κ1) is 20.9. The zero-order valence-electron chi connectivity index (χ0n) is 16.0. The molecule has 0 heterocycles. The Balaban J connectivity index is 2.01. The lowest BCUT2D eigenvalue weighted by atomic mass is 10.2. The molecule has 0 amide bonds. The molecule has 30 heavy (non-hydrogen) atoms. The molecule has 0 spiro atoms. The summed E-state index contributed by atoms with van der Waals surface area (Å²) in [6, 6.07) is 21.4. The third kappa shape index (κ3) is 5.16. The van der Waals surface area contributed by atoms with Crippen LogP contribution >= 0.6 is 11.6 Å². The molecule has 0 saturated carbocycles. The van der Waals surface area contributed by atoms with Crippen molar-refractivity contribution in [3.63, 3.8) is 0 Å². The maximum Gasteiger partial charge on any atom is 0.335 e. The number of carbonyl (C=O) groups excluding carboxylic acids is 2. The van der Waals surface area contributed by atoms with E-state index in [-0.39, 0.29) is 0 Å². The van der Waals surface area contributed by atoms with Gasteiger partial charge in [-0.15, -0.1) is 0 Å². The van der Waals surface area contributed by atoms with Gasteiger partial charge in [-0.1, -0.05) is 30.8 Å². The number of rotatable bonds is 7. The molecule has 150 valence electrons. The predicted octanol–water partition coefficient (Wildman–Crippen LogP) is 5.99. The lowest BCUT2D eigenvalue weighted by Crippen LogP contribution is -2.11. The molecule has 0 unspecified atom stereocenters. The first-order valence-corrected chi connectivity index (χ1v) is 9.32. The average Bonchev–Trinajstić information content (AvgIpc) is 2.76. The molecule has 0 aliphatic rings. The minimum Gasteiger partial charge on any atom is -0.423 e. The van der Waals surface area contributed by atoms with Crippen LogP contribution in [0.25, 0.3) is 0 Å². The summed E-state index contributed by atoms with van der Waals surface area (Å²) >= 11 is 6.05. The molecule has 6 heteroatoms. The quantitative estimate of drug-likeness (QED) is 0.267. The Morgan fingerprint density at radius 3 is 1.83 bits per heavy atom. The SMILES string of the molecule is C=CC(=O)Oc1ccc(N(c2ccc(Cl)cc2)c2cccc(OC(=O)C=C)c2)cc1. The Bertz CT molecular complexity index is 1080. The second-order valence-electron chi connectivity index (χ2n) is 6.05. The van der Waals surface area contributed by atoms with Crippen LogP contribution in [0.5, 0.6) is 11.5 Å². The van der Waals surface area contributed by atoms with Crippen molar-refractivity contribution in [2.24, 2.45) is 0 Å². The third-order valence-electron chi connectivity index (χ3n) is 4.03. The Hall–Kier alpha value is -3.83. The molecule has 0 bridgehead atoms.